The number of nitrogens with zero attached hydrogens (tertiary/aromatic N) is 6. The van der Waals surface area contributed by atoms with E-state index in [0.717, 1.165) is 19.4 Å². The fourth-order valence-electron chi connectivity index (χ4n) is 2.91. The molecule has 1 fully saturated rings. The second-order valence-electron chi connectivity index (χ2n) is 5.45. The van der Waals surface area contributed by atoms with Gasteiger partial charge in [0.15, 0.2) is 0 Å². The van der Waals surface area contributed by atoms with Crippen LogP contribution >= 0.6 is 0 Å². The van der Waals surface area contributed by atoms with Crippen LogP contribution in [0.5, 0.6) is 0 Å². The quantitative estimate of drug-likeness (QED) is 0.608. The predicted molar refractivity (Wildman–Crippen MR) is 82.8 cm³/mol. The monoisotopic (exact) mass is 318 g/mol. The summed E-state index contributed by atoms with van der Waals surface area (Å²) in [6.07, 6.45) is 6.70. The summed E-state index contributed by atoms with van der Waals surface area (Å²) >= 11 is 0. The maximum absolute atomic E-state index is 11.4. The van der Waals surface area contributed by atoms with Gasteiger partial charge in [0.05, 0.1) is 17.6 Å². The predicted octanol–water partition coefficient (Wildman–Crippen LogP) is 1.49. The van der Waals surface area contributed by atoms with E-state index in [1.54, 1.807) is 26.4 Å². The summed E-state index contributed by atoms with van der Waals surface area (Å²) in [6.45, 7) is 3.03. The Labute approximate surface area is 133 Å². The normalized spacial score (nSPS) is 17.7. The SMILES string of the molecule is COC[C@@H]1CCCN1c1nc(C)c([N+](=O)[O-])c(-n2ccnc2)n1. The number of rotatable bonds is 5. The van der Waals surface area contributed by atoms with Gasteiger partial charge in [-0.2, -0.15) is 4.98 Å². The van der Waals surface area contributed by atoms with Gasteiger partial charge in [0.1, 0.15) is 12.0 Å². The average Bonchev–Trinajstić information content (AvgIpc) is 3.17. The molecule has 3 heterocycles. The largest absolute Gasteiger partial charge is 0.383 e. The van der Waals surface area contributed by atoms with E-state index in [1.807, 2.05) is 0 Å². The summed E-state index contributed by atoms with van der Waals surface area (Å²) in [5, 5.41) is 11.4. The number of anilines is 1. The van der Waals surface area contributed by atoms with Crippen molar-refractivity contribution in [2.24, 2.45) is 0 Å². The minimum atomic E-state index is -0.453. The van der Waals surface area contributed by atoms with Crippen molar-refractivity contribution in [1.82, 2.24) is 19.5 Å². The molecule has 9 heteroatoms. The summed E-state index contributed by atoms with van der Waals surface area (Å²) in [5.74, 6) is 0.731. The van der Waals surface area contributed by atoms with Gasteiger partial charge in [0, 0.05) is 26.0 Å². The molecule has 2 aromatic heterocycles. The zero-order valence-corrected chi connectivity index (χ0v) is 13.0. The molecule has 0 radical (unpaired) electrons. The van der Waals surface area contributed by atoms with Crippen molar-refractivity contribution < 1.29 is 9.66 Å². The first-order valence-electron chi connectivity index (χ1n) is 7.38. The molecule has 0 bridgehead atoms. The van der Waals surface area contributed by atoms with Gasteiger partial charge in [-0.25, -0.2) is 9.97 Å². The maximum atomic E-state index is 11.4. The molecule has 122 valence electrons. The zero-order valence-electron chi connectivity index (χ0n) is 13.0. The van der Waals surface area contributed by atoms with Crippen molar-refractivity contribution in [1.29, 1.82) is 0 Å². The molecule has 0 aliphatic carbocycles. The first-order chi connectivity index (χ1) is 11.1. The molecule has 23 heavy (non-hydrogen) atoms. The molecule has 1 aliphatic rings. The highest BCUT2D eigenvalue weighted by Crippen LogP contribution is 2.29. The number of aryl methyl sites for hydroxylation is 1. The second-order valence-corrected chi connectivity index (χ2v) is 5.45. The van der Waals surface area contributed by atoms with E-state index in [4.69, 9.17) is 4.74 Å². The average molecular weight is 318 g/mol. The van der Waals surface area contributed by atoms with Gasteiger partial charge in [-0.15, -0.1) is 0 Å². The van der Waals surface area contributed by atoms with Crippen LogP contribution in [0, 0.1) is 17.0 Å². The van der Waals surface area contributed by atoms with Crippen molar-refractivity contribution >= 4 is 11.6 Å². The fraction of sp³-hybridized carbons (Fsp3) is 0.500. The molecule has 1 atom stereocenters. The number of hydrogen-bond acceptors (Lipinski definition) is 7. The topological polar surface area (TPSA) is 99.2 Å². The van der Waals surface area contributed by atoms with Crippen molar-refractivity contribution in [2.75, 3.05) is 25.2 Å². The number of methoxy groups -OCH3 is 1. The van der Waals surface area contributed by atoms with Gasteiger partial charge in [0.2, 0.25) is 11.8 Å². The molecule has 0 unspecified atom stereocenters. The van der Waals surface area contributed by atoms with Crippen LogP contribution in [0.4, 0.5) is 11.6 Å². The van der Waals surface area contributed by atoms with Crippen LogP contribution in [0.2, 0.25) is 0 Å². The fourth-order valence-corrected chi connectivity index (χ4v) is 2.91. The van der Waals surface area contributed by atoms with Crippen molar-refractivity contribution in [2.45, 2.75) is 25.8 Å². The second kappa shape index (κ2) is 6.29. The minimum Gasteiger partial charge on any atom is -0.383 e. The molecule has 0 spiro atoms. The van der Waals surface area contributed by atoms with Gasteiger partial charge in [0.25, 0.3) is 0 Å². The lowest BCUT2D eigenvalue weighted by Gasteiger charge is -2.24. The Balaban J connectivity index is 2.08. The lowest BCUT2D eigenvalue weighted by atomic mass is 10.2. The minimum absolute atomic E-state index is 0.103. The Morgan fingerprint density at radius 2 is 2.30 bits per heavy atom. The Kier molecular flexibility index (Phi) is 4.20. The van der Waals surface area contributed by atoms with E-state index in [0.29, 0.717) is 18.2 Å². The van der Waals surface area contributed by atoms with Crippen molar-refractivity contribution in [3.05, 3.63) is 34.5 Å². The van der Waals surface area contributed by atoms with E-state index in [2.05, 4.69) is 19.9 Å². The lowest BCUT2D eigenvalue weighted by Crippen LogP contribution is -2.34. The standard InChI is InChI=1S/C14H18N6O3/c1-10-12(20(21)22)13(18-7-5-15-9-18)17-14(16-10)19-6-3-4-11(19)8-23-2/h5,7,9,11H,3-4,6,8H2,1-2H3/t11-/m0/s1. The highest BCUT2D eigenvalue weighted by molar-refractivity contribution is 5.54. The number of imidazole rings is 1. The molecular weight excluding hydrogens is 300 g/mol. The number of hydrogen-bond donors (Lipinski definition) is 0. The molecule has 1 saturated heterocycles. The molecule has 0 N–H and O–H groups in total. The molecular formula is C14H18N6O3. The third kappa shape index (κ3) is 2.87. The van der Waals surface area contributed by atoms with E-state index in [9.17, 15) is 10.1 Å². The third-order valence-corrected chi connectivity index (χ3v) is 3.95. The van der Waals surface area contributed by atoms with Crippen LogP contribution < -0.4 is 4.90 Å². The van der Waals surface area contributed by atoms with Crippen molar-refractivity contribution in [3.63, 3.8) is 0 Å². The summed E-state index contributed by atoms with van der Waals surface area (Å²) in [5.41, 5.74) is 0.237. The Morgan fingerprint density at radius 3 is 2.96 bits per heavy atom. The highest BCUT2D eigenvalue weighted by atomic mass is 16.6. The summed E-state index contributed by atoms with van der Waals surface area (Å²) in [7, 11) is 1.66. The van der Waals surface area contributed by atoms with Gasteiger partial charge < -0.3 is 9.64 Å². The molecule has 0 saturated carbocycles. The number of aromatic nitrogens is 4. The summed E-state index contributed by atoms with van der Waals surface area (Å²) in [4.78, 5) is 25.8. The Hall–Kier alpha value is -2.55. The molecule has 1 aliphatic heterocycles. The van der Waals surface area contributed by atoms with Crippen LogP contribution in [-0.2, 0) is 4.74 Å². The van der Waals surface area contributed by atoms with E-state index in [1.165, 1.54) is 10.9 Å². The van der Waals surface area contributed by atoms with E-state index < -0.39 is 4.92 Å². The smallest absolute Gasteiger partial charge is 0.333 e. The van der Waals surface area contributed by atoms with E-state index in [-0.39, 0.29) is 17.5 Å². The highest BCUT2D eigenvalue weighted by Gasteiger charge is 2.30. The number of ether oxygens (including phenoxy) is 1. The first-order valence-corrected chi connectivity index (χ1v) is 7.38. The van der Waals surface area contributed by atoms with Crippen molar-refractivity contribution in [3.8, 4) is 5.82 Å². The molecule has 3 rings (SSSR count). The molecule has 0 aromatic carbocycles. The van der Waals surface area contributed by atoms with Crippen LogP contribution in [-0.4, -0.2) is 50.7 Å². The third-order valence-electron chi connectivity index (χ3n) is 3.95. The number of nitro groups is 1. The van der Waals surface area contributed by atoms with Crippen LogP contribution in [0.25, 0.3) is 5.82 Å². The first kappa shape index (κ1) is 15.3. The Bertz CT molecular complexity index is 703. The molecule has 2 aromatic rings. The summed E-state index contributed by atoms with van der Waals surface area (Å²) in [6, 6.07) is 0.191. The van der Waals surface area contributed by atoms with Crippen LogP contribution in [0.15, 0.2) is 18.7 Å². The van der Waals surface area contributed by atoms with Crippen LogP contribution in [0.3, 0.4) is 0 Å². The van der Waals surface area contributed by atoms with Gasteiger partial charge in [-0.3, -0.25) is 14.7 Å². The van der Waals surface area contributed by atoms with Gasteiger partial charge in [-0.05, 0) is 19.8 Å². The maximum Gasteiger partial charge on any atom is 0.333 e. The molecule has 0 amide bonds. The summed E-state index contributed by atoms with van der Waals surface area (Å²) < 4.78 is 6.79. The van der Waals surface area contributed by atoms with Crippen LogP contribution in [0.1, 0.15) is 18.5 Å². The van der Waals surface area contributed by atoms with Gasteiger partial charge in [-0.1, -0.05) is 0 Å². The molecule has 9 nitrogen and oxygen atoms in total. The van der Waals surface area contributed by atoms with Gasteiger partial charge >= 0.3 is 5.69 Å². The lowest BCUT2D eigenvalue weighted by molar-refractivity contribution is -0.385. The zero-order chi connectivity index (χ0) is 16.4. The van der Waals surface area contributed by atoms with E-state index >= 15 is 0 Å². The Morgan fingerprint density at radius 1 is 1.48 bits per heavy atom.